The highest BCUT2D eigenvalue weighted by Gasteiger charge is 2.37. The first-order valence-electron chi connectivity index (χ1n) is 8.27. The van der Waals surface area contributed by atoms with Gasteiger partial charge in [0.1, 0.15) is 0 Å². The SMILES string of the molecule is CC(C)(C)S(=O)(=O)N[C@H](c1ccccc1Br)C1CCN(C(=O)O)CC1. The average molecular weight is 433 g/mol. The average Bonchev–Trinajstić information content (AvgIpc) is 2.52. The van der Waals surface area contributed by atoms with Crippen LogP contribution in [-0.4, -0.2) is 42.4 Å². The number of amides is 1. The molecular weight excluding hydrogens is 408 g/mol. The number of hydrogen-bond donors (Lipinski definition) is 2. The molecule has 0 bridgehead atoms. The molecule has 1 aliphatic heterocycles. The van der Waals surface area contributed by atoms with Crippen LogP contribution in [0.3, 0.4) is 0 Å². The number of hydrogen-bond acceptors (Lipinski definition) is 3. The Morgan fingerprint density at radius 2 is 1.84 bits per heavy atom. The topological polar surface area (TPSA) is 86.7 Å². The van der Waals surface area contributed by atoms with Gasteiger partial charge < -0.3 is 10.0 Å². The van der Waals surface area contributed by atoms with E-state index in [1.54, 1.807) is 20.8 Å². The third-order valence-electron chi connectivity index (χ3n) is 4.61. The van der Waals surface area contributed by atoms with Crippen LogP contribution in [0.5, 0.6) is 0 Å². The van der Waals surface area contributed by atoms with Gasteiger partial charge in [0.2, 0.25) is 10.0 Å². The van der Waals surface area contributed by atoms with Gasteiger partial charge in [-0.3, -0.25) is 0 Å². The Morgan fingerprint density at radius 3 is 2.32 bits per heavy atom. The monoisotopic (exact) mass is 432 g/mol. The molecule has 6 nitrogen and oxygen atoms in total. The molecule has 0 saturated carbocycles. The zero-order valence-electron chi connectivity index (χ0n) is 14.7. The lowest BCUT2D eigenvalue weighted by Gasteiger charge is -2.36. The van der Waals surface area contributed by atoms with Crippen molar-refractivity contribution in [3.05, 3.63) is 34.3 Å². The molecule has 1 atom stereocenters. The van der Waals surface area contributed by atoms with Crippen LogP contribution >= 0.6 is 15.9 Å². The molecule has 140 valence electrons. The lowest BCUT2D eigenvalue weighted by molar-refractivity contribution is 0.118. The second kappa shape index (κ2) is 7.63. The van der Waals surface area contributed by atoms with E-state index in [1.807, 2.05) is 24.3 Å². The van der Waals surface area contributed by atoms with E-state index < -0.39 is 26.9 Å². The molecule has 2 rings (SSSR count). The summed E-state index contributed by atoms with van der Waals surface area (Å²) in [6.45, 7) is 5.83. The first-order valence-corrected chi connectivity index (χ1v) is 10.5. The van der Waals surface area contributed by atoms with Gasteiger partial charge in [0.25, 0.3) is 0 Å². The summed E-state index contributed by atoms with van der Waals surface area (Å²) < 4.78 is 28.3. The predicted molar refractivity (Wildman–Crippen MR) is 101 cm³/mol. The van der Waals surface area contributed by atoms with Crippen molar-refractivity contribution < 1.29 is 18.3 Å². The summed E-state index contributed by atoms with van der Waals surface area (Å²) in [6, 6.07) is 7.17. The van der Waals surface area contributed by atoms with Crippen molar-refractivity contribution in [2.75, 3.05) is 13.1 Å². The molecule has 1 fully saturated rings. The molecule has 1 aromatic rings. The molecule has 0 aromatic heterocycles. The Morgan fingerprint density at radius 1 is 1.28 bits per heavy atom. The number of nitrogens with one attached hydrogen (secondary N) is 1. The Kier molecular flexibility index (Phi) is 6.17. The Balaban J connectivity index is 2.31. The van der Waals surface area contributed by atoms with Crippen LogP contribution in [0.25, 0.3) is 0 Å². The lowest BCUT2D eigenvalue weighted by Crippen LogP contribution is -2.46. The number of likely N-dealkylation sites (tertiary alicyclic amines) is 1. The molecular formula is C17H25BrN2O4S. The van der Waals surface area contributed by atoms with Crippen LogP contribution in [-0.2, 0) is 10.0 Å². The second-order valence-electron chi connectivity index (χ2n) is 7.34. The van der Waals surface area contributed by atoms with E-state index in [-0.39, 0.29) is 5.92 Å². The third-order valence-corrected chi connectivity index (χ3v) is 7.51. The summed E-state index contributed by atoms with van der Waals surface area (Å²) >= 11 is 3.52. The van der Waals surface area contributed by atoms with E-state index in [0.29, 0.717) is 25.9 Å². The fourth-order valence-electron chi connectivity index (χ4n) is 2.91. The molecule has 1 saturated heterocycles. The third kappa shape index (κ3) is 4.74. The van der Waals surface area contributed by atoms with E-state index >= 15 is 0 Å². The first-order chi connectivity index (χ1) is 11.5. The molecule has 1 amide bonds. The Labute approximate surface area is 157 Å². The highest BCUT2D eigenvalue weighted by molar-refractivity contribution is 9.10. The van der Waals surface area contributed by atoms with Gasteiger partial charge in [-0.1, -0.05) is 34.1 Å². The number of rotatable bonds is 4. The van der Waals surface area contributed by atoms with Crippen molar-refractivity contribution >= 4 is 32.0 Å². The van der Waals surface area contributed by atoms with Crippen molar-refractivity contribution in [2.45, 2.75) is 44.4 Å². The molecule has 2 N–H and O–H groups in total. The maximum absolute atomic E-state index is 12.7. The summed E-state index contributed by atoms with van der Waals surface area (Å²) in [5.74, 6) is 0.0337. The molecule has 0 unspecified atom stereocenters. The van der Waals surface area contributed by atoms with E-state index in [9.17, 15) is 13.2 Å². The molecule has 0 spiro atoms. The Hall–Kier alpha value is -1.12. The largest absolute Gasteiger partial charge is 0.465 e. The number of piperidine rings is 1. The van der Waals surface area contributed by atoms with E-state index in [1.165, 1.54) is 4.90 Å². The molecule has 1 aliphatic rings. The zero-order valence-corrected chi connectivity index (χ0v) is 17.1. The summed E-state index contributed by atoms with van der Waals surface area (Å²) in [5.41, 5.74) is 0.879. The summed E-state index contributed by atoms with van der Waals surface area (Å²) in [6.07, 6.45) is 0.307. The van der Waals surface area contributed by atoms with Crippen LogP contribution < -0.4 is 4.72 Å². The normalized spacial score (nSPS) is 18.2. The maximum atomic E-state index is 12.7. The minimum Gasteiger partial charge on any atom is -0.465 e. The first kappa shape index (κ1) is 20.2. The van der Waals surface area contributed by atoms with Crippen molar-refractivity contribution in [1.29, 1.82) is 0 Å². The van der Waals surface area contributed by atoms with Crippen LogP contribution in [0.1, 0.15) is 45.2 Å². The number of carbonyl (C=O) groups is 1. The van der Waals surface area contributed by atoms with Crippen LogP contribution in [0.4, 0.5) is 4.79 Å². The minimum atomic E-state index is -3.54. The van der Waals surface area contributed by atoms with Crippen molar-refractivity contribution in [3.8, 4) is 0 Å². The Bertz CT molecular complexity index is 722. The summed E-state index contributed by atoms with van der Waals surface area (Å²) in [4.78, 5) is 12.5. The van der Waals surface area contributed by atoms with Gasteiger partial charge in [0, 0.05) is 17.6 Å². The highest BCUT2D eigenvalue weighted by Crippen LogP contribution is 2.36. The van der Waals surface area contributed by atoms with Gasteiger partial charge >= 0.3 is 6.09 Å². The highest BCUT2D eigenvalue weighted by atomic mass is 79.9. The quantitative estimate of drug-likeness (QED) is 0.760. The summed E-state index contributed by atoms with van der Waals surface area (Å²) in [5, 5.41) is 9.12. The van der Waals surface area contributed by atoms with Crippen LogP contribution in [0, 0.1) is 5.92 Å². The van der Waals surface area contributed by atoms with Gasteiger partial charge in [-0.05, 0) is 51.2 Å². The molecule has 25 heavy (non-hydrogen) atoms. The van der Waals surface area contributed by atoms with Gasteiger partial charge in [0.05, 0.1) is 10.8 Å². The van der Waals surface area contributed by atoms with Gasteiger partial charge in [0.15, 0.2) is 0 Å². The van der Waals surface area contributed by atoms with E-state index in [4.69, 9.17) is 5.11 Å². The fraction of sp³-hybridized carbons (Fsp3) is 0.588. The van der Waals surface area contributed by atoms with Crippen LogP contribution in [0.2, 0.25) is 0 Å². The second-order valence-corrected chi connectivity index (χ2v) is 10.7. The lowest BCUT2D eigenvalue weighted by atomic mass is 9.86. The van der Waals surface area contributed by atoms with Gasteiger partial charge in [-0.25, -0.2) is 17.9 Å². The maximum Gasteiger partial charge on any atom is 0.407 e. The number of nitrogens with zero attached hydrogens (tertiary/aromatic N) is 1. The van der Waals surface area contributed by atoms with Crippen molar-refractivity contribution in [2.24, 2.45) is 5.92 Å². The standard InChI is InChI=1S/C17H25BrN2O4S/c1-17(2,3)25(23,24)19-15(13-6-4-5-7-14(13)18)12-8-10-20(11-9-12)16(21)22/h4-7,12,15,19H,8-11H2,1-3H3,(H,21,22)/t15-/m0/s1. The number of halogens is 1. The molecule has 0 aliphatic carbocycles. The van der Waals surface area contributed by atoms with E-state index in [2.05, 4.69) is 20.7 Å². The molecule has 8 heteroatoms. The van der Waals surface area contributed by atoms with Gasteiger partial charge in [-0.2, -0.15) is 0 Å². The van der Waals surface area contributed by atoms with Gasteiger partial charge in [-0.15, -0.1) is 0 Å². The number of carboxylic acid groups (broad SMARTS) is 1. The van der Waals surface area contributed by atoms with Crippen LogP contribution in [0.15, 0.2) is 28.7 Å². The fourth-order valence-corrected chi connectivity index (χ4v) is 4.45. The van der Waals surface area contributed by atoms with Crippen molar-refractivity contribution in [3.63, 3.8) is 0 Å². The number of benzene rings is 1. The summed E-state index contributed by atoms with van der Waals surface area (Å²) in [7, 11) is -3.54. The predicted octanol–water partition coefficient (Wildman–Crippen LogP) is 3.60. The van der Waals surface area contributed by atoms with E-state index in [0.717, 1.165) is 10.0 Å². The number of sulfonamides is 1. The smallest absolute Gasteiger partial charge is 0.407 e. The minimum absolute atomic E-state index is 0.0337. The molecule has 0 radical (unpaired) electrons. The molecule has 1 heterocycles. The molecule has 1 aromatic carbocycles. The van der Waals surface area contributed by atoms with Crippen molar-refractivity contribution in [1.82, 2.24) is 9.62 Å². The zero-order chi connectivity index (χ0) is 18.8.